The van der Waals surface area contributed by atoms with E-state index >= 15 is 0 Å². The molecule has 0 heterocycles. The largest absolute Gasteiger partial charge is 0.305 e. The lowest BCUT2D eigenvalue weighted by molar-refractivity contribution is 1.47. The van der Waals surface area contributed by atoms with Gasteiger partial charge in [0.1, 0.15) is 0 Å². The summed E-state index contributed by atoms with van der Waals surface area (Å²) in [5.74, 6) is 0. The second-order valence-electron chi connectivity index (χ2n) is 3.15. The highest BCUT2D eigenvalue weighted by molar-refractivity contribution is 6.08. The van der Waals surface area contributed by atoms with Gasteiger partial charge >= 0.3 is 0 Å². The van der Waals surface area contributed by atoms with Crippen molar-refractivity contribution in [3.8, 4) is 0 Å². The number of hydrogen-bond donors (Lipinski definition) is 1. The maximum Gasteiger partial charge on any atom is 0.0361 e. The van der Waals surface area contributed by atoms with Gasteiger partial charge in [-0.05, 0) is 17.7 Å². The molecule has 2 aromatic carbocycles. The van der Waals surface area contributed by atoms with Gasteiger partial charge in [0.15, 0.2) is 0 Å². The van der Waals surface area contributed by atoms with Gasteiger partial charge < -0.3 is 5.41 Å². The van der Waals surface area contributed by atoms with Crippen LogP contribution in [0.4, 0.5) is 0 Å². The Balaban J connectivity index is 0.000000531. The van der Waals surface area contributed by atoms with E-state index in [1.165, 1.54) is 5.39 Å². The minimum atomic E-state index is 0.622. The summed E-state index contributed by atoms with van der Waals surface area (Å²) in [4.78, 5) is 0. The zero-order valence-electron chi connectivity index (χ0n) is 9.54. The molecule has 1 nitrogen and oxygen atoms in total. The lowest BCUT2D eigenvalue weighted by Gasteiger charge is -2.03. The van der Waals surface area contributed by atoms with Crippen molar-refractivity contribution in [2.24, 2.45) is 0 Å². The van der Waals surface area contributed by atoms with E-state index in [2.05, 4.69) is 18.2 Å². The molecule has 0 aliphatic heterocycles. The van der Waals surface area contributed by atoms with Crippen molar-refractivity contribution in [2.75, 3.05) is 0 Å². The third kappa shape index (κ3) is 2.44. The molecule has 1 heteroatoms. The molecule has 0 unspecified atom stereocenters. The van der Waals surface area contributed by atoms with E-state index in [0.717, 1.165) is 10.9 Å². The van der Waals surface area contributed by atoms with Gasteiger partial charge in [-0.3, -0.25) is 0 Å². The van der Waals surface area contributed by atoms with E-state index < -0.39 is 0 Å². The minimum absolute atomic E-state index is 0.622. The van der Waals surface area contributed by atoms with Crippen molar-refractivity contribution in [2.45, 2.75) is 20.8 Å². The summed E-state index contributed by atoms with van der Waals surface area (Å²) < 4.78 is 0. The zero-order valence-corrected chi connectivity index (χ0v) is 9.54. The first-order valence-electron chi connectivity index (χ1n) is 5.32. The summed E-state index contributed by atoms with van der Waals surface area (Å²) >= 11 is 0. The van der Waals surface area contributed by atoms with Crippen LogP contribution in [0, 0.1) is 5.41 Å². The summed E-state index contributed by atoms with van der Waals surface area (Å²) in [6.07, 6.45) is 0. The Morgan fingerprint density at radius 1 is 0.933 bits per heavy atom. The Hall–Kier alpha value is -1.63. The van der Waals surface area contributed by atoms with Crippen LogP contribution in [0.5, 0.6) is 0 Å². The van der Waals surface area contributed by atoms with Crippen LogP contribution in [-0.4, -0.2) is 5.71 Å². The fourth-order valence-electron chi connectivity index (χ4n) is 1.55. The van der Waals surface area contributed by atoms with E-state index in [9.17, 15) is 0 Å². The third-order valence-electron chi connectivity index (χ3n) is 2.19. The molecule has 0 radical (unpaired) electrons. The van der Waals surface area contributed by atoms with Crippen molar-refractivity contribution in [1.29, 1.82) is 5.41 Å². The van der Waals surface area contributed by atoms with Crippen LogP contribution in [0.3, 0.4) is 0 Å². The van der Waals surface area contributed by atoms with Crippen LogP contribution in [0.1, 0.15) is 26.3 Å². The first-order chi connectivity index (χ1) is 7.29. The Morgan fingerprint density at radius 3 is 2.20 bits per heavy atom. The SMILES string of the molecule is CC.CC(=N)c1cccc2ccccc12. The topological polar surface area (TPSA) is 23.9 Å². The molecule has 2 rings (SSSR count). The molecule has 0 saturated heterocycles. The summed E-state index contributed by atoms with van der Waals surface area (Å²) in [7, 11) is 0. The highest BCUT2D eigenvalue weighted by atomic mass is 14.4. The highest BCUT2D eigenvalue weighted by Crippen LogP contribution is 2.18. The Kier molecular flexibility index (Phi) is 4.04. The first-order valence-corrected chi connectivity index (χ1v) is 5.32. The van der Waals surface area contributed by atoms with Crippen LogP contribution in [0.2, 0.25) is 0 Å². The Bertz CT molecular complexity index is 452. The molecule has 2 aromatic rings. The van der Waals surface area contributed by atoms with E-state index in [0.29, 0.717) is 5.71 Å². The van der Waals surface area contributed by atoms with Crippen molar-refractivity contribution in [3.63, 3.8) is 0 Å². The molecule has 0 fully saturated rings. The first kappa shape index (κ1) is 11.4. The molecule has 0 bridgehead atoms. The van der Waals surface area contributed by atoms with Gasteiger partial charge in [0, 0.05) is 11.3 Å². The summed E-state index contributed by atoms with van der Waals surface area (Å²) in [5, 5.41) is 9.98. The second kappa shape index (κ2) is 5.30. The van der Waals surface area contributed by atoms with Crippen LogP contribution in [0.15, 0.2) is 42.5 Å². The lowest BCUT2D eigenvalue weighted by Crippen LogP contribution is -1.92. The molecule has 15 heavy (non-hydrogen) atoms. The summed E-state index contributed by atoms with van der Waals surface area (Å²) in [5.41, 5.74) is 1.65. The number of fused-ring (bicyclic) bond motifs is 1. The van der Waals surface area contributed by atoms with Gasteiger partial charge in [-0.1, -0.05) is 56.3 Å². The lowest BCUT2D eigenvalue weighted by atomic mass is 10.0. The van der Waals surface area contributed by atoms with Crippen molar-refractivity contribution in [1.82, 2.24) is 0 Å². The van der Waals surface area contributed by atoms with Gasteiger partial charge in [0.2, 0.25) is 0 Å². The normalized spacial score (nSPS) is 9.27. The molecule has 0 aliphatic rings. The molecule has 0 spiro atoms. The molecule has 1 N–H and O–H groups in total. The number of hydrogen-bond acceptors (Lipinski definition) is 1. The maximum atomic E-state index is 7.62. The van der Waals surface area contributed by atoms with Crippen molar-refractivity contribution >= 4 is 16.5 Å². The predicted molar refractivity (Wildman–Crippen MR) is 67.8 cm³/mol. The molecule has 0 saturated carbocycles. The molecule has 0 atom stereocenters. The average Bonchev–Trinajstić information content (AvgIpc) is 2.31. The minimum Gasteiger partial charge on any atom is -0.305 e. The molecule has 0 aliphatic carbocycles. The molecular formula is C14H17N. The van der Waals surface area contributed by atoms with Crippen molar-refractivity contribution in [3.05, 3.63) is 48.0 Å². The smallest absolute Gasteiger partial charge is 0.0361 e. The molecular weight excluding hydrogens is 182 g/mol. The van der Waals surface area contributed by atoms with Crippen LogP contribution in [-0.2, 0) is 0 Å². The van der Waals surface area contributed by atoms with Crippen LogP contribution >= 0.6 is 0 Å². The molecule has 78 valence electrons. The quantitative estimate of drug-likeness (QED) is 0.664. The van der Waals surface area contributed by atoms with Gasteiger partial charge in [-0.2, -0.15) is 0 Å². The number of nitrogens with one attached hydrogen (secondary N) is 1. The Labute approximate surface area is 91.3 Å². The van der Waals surface area contributed by atoms with Gasteiger partial charge in [0.25, 0.3) is 0 Å². The van der Waals surface area contributed by atoms with E-state index in [1.807, 2.05) is 45.0 Å². The van der Waals surface area contributed by atoms with E-state index in [1.54, 1.807) is 0 Å². The standard InChI is InChI=1S/C12H11N.C2H6/c1-9(13)11-8-4-6-10-5-2-3-7-12(10)11;1-2/h2-8,13H,1H3;1-2H3. The second-order valence-corrected chi connectivity index (χ2v) is 3.15. The number of benzene rings is 2. The van der Waals surface area contributed by atoms with Crippen LogP contribution < -0.4 is 0 Å². The van der Waals surface area contributed by atoms with Gasteiger partial charge in [-0.25, -0.2) is 0 Å². The van der Waals surface area contributed by atoms with E-state index in [4.69, 9.17) is 5.41 Å². The fraction of sp³-hybridized carbons (Fsp3) is 0.214. The van der Waals surface area contributed by atoms with Crippen LogP contribution in [0.25, 0.3) is 10.8 Å². The predicted octanol–water partition coefficient (Wildman–Crippen LogP) is 4.25. The van der Waals surface area contributed by atoms with Crippen molar-refractivity contribution < 1.29 is 0 Å². The van der Waals surface area contributed by atoms with E-state index in [-0.39, 0.29) is 0 Å². The molecule has 0 aromatic heterocycles. The monoisotopic (exact) mass is 199 g/mol. The zero-order chi connectivity index (χ0) is 11.3. The number of rotatable bonds is 1. The van der Waals surface area contributed by atoms with Gasteiger partial charge in [0.05, 0.1) is 0 Å². The summed E-state index contributed by atoms with van der Waals surface area (Å²) in [6.45, 7) is 5.82. The Morgan fingerprint density at radius 2 is 1.53 bits per heavy atom. The maximum absolute atomic E-state index is 7.62. The fourth-order valence-corrected chi connectivity index (χ4v) is 1.55. The van der Waals surface area contributed by atoms with Gasteiger partial charge in [-0.15, -0.1) is 0 Å². The third-order valence-corrected chi connectivity index (χ3v) is 2.19. The highest BCUT2D eigenvalue weighted by Gasteiger charge is 2.00. The summed E-state index contributed by atoms with van der Waals surface area (Å²) in [6, 6.07) is 14.2. The average molecular weight is 199 g/mol. The molecule has 0 amide bonds.